The van der Waals surface area contributed by atoms with Gasteiger partial charge in [0.05, 0.1) is 26.5 Å². The molecule has 1 N–H and O–H groups in total. The van der Waals surface area contributed by atoms with Crippen molar-refractivity contribution in [2.75, 3.05) is 13.7 Å². The van der Waals surface area contributed by atoms with Gasteiger partial charge in [-0.3, -0.25) is 4.79 Å². The van der Waals surface area contributed by atoms with Gasteiger partial charge in [0.1, 0.15) is 17.4 Å². The summed E-state index contributed by atoms with van der Waals surface area (Å²) in [5.74, 6) is 1.37. The first-order valence-electron chi connectivity index (χ1n) is 9.41. The number of methoxy groups -OCH3 is 1. The average Bonchev–Trinajstić information content (AvgIpc) is 3.24. The molecule has 0 atom stereocenters. The fourth-order valence-corrected chi connectivity index (χ4v) is 2.60. The second kappa shape index (κ2) is 11.5. The van der Waals surface area contributed by atoms with Gasteiger partial charge in [0.15, 0.2) is 11.5 Å². The van der Waals surface area contributed by atoms with E-state index in [0.717, 1.165) is 12.8 Å². The number of ether oxygens (including phenoxy) is 2. The zero-order valence-electron chi connectivity index (χ0n) is 16.4. The Bertz CT molecular complexity index is 820. The van der Waals surface area contributed by atoms with E-state index in [9.17, 15) is 10.1 Å². The second-order valence-corrected chi connectivity index (χ2v) is 6.25. The average molecular weight is 382 g/mol. The van der Waals surface area contributed by atoms with Crippen molar-refractivity contribution in [2.45, 2.75) is 39.2 Å². The number of nitrogens with zero attached hydrogens (tertiary/aromatic N) is 1. The third-order valence-corrected chi connectivity index (χ3v) is 4.12. The minimum absolute atomic E-state index is 0.00171. The molecule has 0 unspecified atom stereocenters. The van der Waals surface area contributed by atoms with E-state index in [1.165, 1.54) is 25.2 Å². The molecule has 2 rings (SSSR count). The van der Waals surface area contributed by atoms with Gasteiger partial charge in [-0.25, -0.2) is 0 Å². The number of hydrogen-bond donors (Lipinski definition) is 1. The molecule has 0 saturated heterocycles. The highest BCUT2D eigenvalue weighted by Crippen LogP contribution is 2.29. The summed E-state index contributed by atoms with van der Waals surface area (Å²) in [6, 6.07) is 10.8. The van der Waals surface area contributed by atoms with Crippen molar-refractivity contribution >= 4 is 12.0 Å². The lowest BCUT2D eigenvalue weighted by Crippen LogP contribution is -2.23. The Morgan fingerprint density at radius 2 is 2.11 bits per heavy atom. The molecule has 0 bridgehead atoms. The maximum atomic E-state index is 12.2. The number of nitrogens with one attached hydrogen (secondary N) is 1. The summed E-state index contributed by atoms with van der Waals surface area (Å²) in [6.07, 6.45) is 7.56. The predicted octanol–water partition coefficient (Wildman–Crippen LogP) is 4.47. The van der Waals surface area contributed by atoms with Gasteiger partial charge < -0.3 is 19.2 Å². The van der Waals surface area contributed by atoms with Crippen molar-refractivity contribution in [1.29, 1.82) is 5.26 Å². The highest BCUT2D eigenvalue weighted by atomic mass is 16.5. The van der Waals surface area contributed by atoms with E-state index in [2.05, 4.69) is 12.2 Å². The molecule has 28 heavy (non-hydrogen) atoms. The summed E-state index contributed by atoms with van der Waals surface area (Å²) >= 11 is 0. The molecular formula is C22H26N2O4. The Balaban J connectivity index is 2.01. The van der Waals surface area contributed by atoms with Crippen LogP contribution in [0.15, 0.2) is 46.6 Å². The molecule has 1 amide bonds. The minimum Gasteiger partial charge on any atom is -0.493 e. The highest BCUT2D eigenvalue weighted by Gasteiger charge is 2.11. The summed E-state index contributed by atoms with van der Waals surface area (Å²) < 4.78 is 16.3. The molecule has 0 aliphatic rings. The first-order valence-corrected chi connectivity index (χ1v) is 9.41. The fraction of sp³-hybridized carbons (Fsp3) is 0.364. The van der Waals surface area contributed by atoms with E-state index in [-0.39, 0.29) is 12.1 Å². The van der Waals surface area contributed by atoms with Crippen LogP contribution < -0.4 is 14.8 Å². The Hall–Kier alpha value is -3.20. The first-order chi connectivity index (χ1) is 13.7. The van der Waals surface area contributed by atoms with Gasteiger partial charge in [-0.05, 0) is 42.3 Å². The lowest BCUT2D eigenvalue weighted by atomic mass is 10.1. The van der Waals surface area contributed by atoms with E-state index < -0.39 is 5.91 Å². The molecule has 2 aromatic rings. The molecule has 0 saturated carbocycles. The summed E-state index contributed by atoms with van der Waals surface area (Å²) in [4.78, 5) is 12.2. The van der Waals surface area contributed by atoms with E-state index >= 15 is 0 Å². The van der Waals surface area contributed by atoms with Gasteiger partial charge in [0.2, 0.25) is 0 Å². The molecule has 0 spiro atoms. The Morgan fingerprint density at radius 3 is 2.79 bits per heavy atom. The van der Waals surface area contributed by atoms with Crippen molar-refractivity contribution in [3.05, 3.63) is 53.5 Å². The third kappa shape index (κ3) is 6.51. The maximum Gasteiger partial charge on any atom is 0.262 e. The highest BCUT2D eigenvalue weighted by molar-refractivity contribution is 6.01. The Labute approximate surface area is 165 Å². The van der Waals surface area contributed by atoms with Crippen LogP contribution in [0, 0.1) is 11.3 Å². The SMILES string of the molecule is CCCCCCOc1ccc(/C=C(\C#N)C(=O)NCc2ccco2)cc1OC. The first kappa shape index (κ1) is 21.1. The smallest absolute Gasteiger partial charge is 0.262 e. The number of carbonyl (C=O) groups excluding carboxylic acids is 1. The van der Waals surface area contributed by atoms with Crippen LogP contribution >= 0.6 is 0 Å². The number of unbranched alkanes of at least 4 members (excludes halogenated alkanes) is 3. The van der Waals surface area contributed by atoms with Crippen LogP contribution in [0.25, 0.3) is 6.08 Å². The van der Waals surface area contributed by atoms with Crippen molar-refractivity contribution < 1.29 is 18.7 Å². The molecule has 0 aliphatic carbocycles. The number of amides is 1. The summed E-state index contributed by atoms with van der Waals surface area (Å²) in [5.41, 5.74) is 0.682. The van der Waals surface area contributed by atoms with Crippen LogP contribution in [0.2, 0.25) is 0 Å². The Kier molecular flexibility index (Phi) is 8.67. The van der Waals surface area contributed by atoms with E-state index in [1.807, 2.05) is 6.07 Å². The Morgan fingerprint density at radius 1 is 1.25 bits per heavy atom. The molecule has 1 heterocycles. The maximum absolute atomic E-state index is 12.2. The van der Waals surface area contributed by atoms with Crippen LogP contribution in [0.3, 0.4) is 0 Å². The van der Waals surface area contributed by atoms with E-state index in [1.54, 1.807) is 37.4 Å². The molecule has 6 nitrogen and oxygen atoms in total. The van der Waals surface area contributed by atoms with E-state index in [4.69, 9.17) is 13.9 Å². The molecule has 1 aromatic carbocycles. The van der Waals surface area contributed by atoms with Crippen LogP contribution in [0.1, 0.15) is 43.9 Å². The molecule has 0 radical (unpaired) electrons. The van der Waals surface area contributed by atoms with Crippen LogP contribution in [0.4, 0.5) is 0 Å². The number of nitriles is 1. The van der Waals surface area contributed by atoms with E-state index in [0.29, 0.717) is 29.4 Å². The number of rotatable bonds is 11. The van der Waals surface area contributed by atoms with Crippen LogP contribution in [-0.4, -0.2) is 19.6 Å². The van der Waals surface area contributed by atoms with Gasteiger partial charge in [-0.2, -0.15) is 5.26 Å². The monoisotopic (exact) mass is 382 g/mol. The van der Waals surface area contributed by atoms with Crippen molar-refractivity contribution in [1.82, 2.24) is 5.32 Å². The van der Waals surface area contributed by atoms with Gasteiger partial charge in [-0.15, -0.1) is 0 Å². The number of furan rings is 1. The molecule has 0 aliphatic heterocycles. The summed E-state index contributed by atoms with van der Waals surface area (Å²) in [7, 11) is 1.56. The van der Waals surface area contributed by atoms with Crippen molar-refractivity contribution in [2.24, 2.45) is 0 Å². The minimum atomic E-state index is -0.464. The predicted molar refractivity (Wildman–Crippen MR) is 107 cm³/mol. The standard InChI is InChI=1S/C22H26N2O4/c1-3-4-5-6-11-28-20-10-9-17(14-21(20)26-2)13-18(15-23)22(25)24-16-19-8-7-12-27-19/h7-10,12-14H,3-6,11,16H2,1-2H3,(H,24,25)/b18-13+. The molecule has 0 fully saturated rings. The van der Waals surface area contributed by atoms with Gasteiger partial charge >= 0.3 is 0 Å². The summed E-state index contributed by atoms with van der Waals surface area (Å²) in [6.45, 7) is 3.02. The van der Waals surface area contributed by atoms with Gasteiger partial charge in [0, 0.05) is 0 Å². The zero-order valence-corrected chi connectivity index (χ0v) is 16.4. The van der Waals surface area contributed by atoms with Crippen molar-refractivity contribution in [3.63, 3.8) is 0 Å². The second-order valence-electron chi connectivity index (χ2n) is 6.25. The normalized spacial score (nSPS) is 11.0. The lowest BCUT2D eigenvalue weighted by Gasteiger charge is -2.11. The summed E-state index contributed by atoms with van der Waals surface area (Å²) in [5, 5.41) is 12.0. The van der Waals surface area contributed by atoms with Crippen molar-refractivity contribution in [3.8, 4) is 17.6 Å². The molecular weight excluding hydrogens is 356 g/mol. The quantitative estimate of drug-likeness (QED) is 0.352. The molecule has 6 heteroatoms. The third-order valence-electron chi connectivity index (χ3n) is 4.12. The number of hydrogen-bond acceptors (Lipinski definition) is 5. The van der Waals surface area contributed by atoms with Crippen LogP contribution in [0.5, 0.6) is 11.5 Å². The number of benzene rings is 1. The number of carbonyl (C=O) groups is 1. The topological polar surface area (TPSA) is 84.5 Å². The van der Waals surface area contributed by atoms with Gasteiger partial charge in [0.25, 0.3) is 5.91 Å². The largest absolute Gasteiger partial charge is 0.493 e. The lowest BCUT2D eigenvalue weighted by molar-refractivity contribution is -0.117. The fourth-order valence-electron chi connectivity index (χ4n) is 2.60. The zero-order chi connectivity index (χ0) is 20.2. The molecule has 148 valence electrons. The molecule has 1 aromatic heterocycles. The van der Waals surface area contributed by atoms with Crippen LogP contribution in [-0.2, 0) is 11.3 Å². The van der Waals surface area contributed by atoms with Gasteiger partial charge in [-0.1, -0.05) is 32.3 Å².